The molecule has 0 saturated carbocycles. The number of hydrogen-bond donors (Lipinski definition) is 2. The molecule has 7 heteroatoms. The van der Waals surface area contributed by atoms with Crippen molar-refractivity contribution in [3.8, 4) is 0 Å². The molecule has 0 unspecified atom stereocenters. The molecule has 1 heterocycles. The predicted octanol–water partition coefficient (Wildman–Crippen LogP) is 1.93. The number of nitrogens with one attached hydrogen (secondary N) is 1. The SMILES string of the molecule is CC(C)N(CCCC(=O)O)C(=O)NCc1cscn1. The van der Waals surface area contributed by atoms with Crippen molar-refractivity contribution in [1.29, 1.82) is 0 Å². The fourth-order valence-corrected chi connectivity index (χ4v) is 2.15. The van der Waals surface area contributed by atoms with E-state index in [0.717, 1.165) is 5.69 Å². The molecule has 0 aromatic carbocycles. The summed E-state index contributed by atoms with van der Waals surface area (Å²) in [6.07, 6.45) is 0.528. The highest BCUT2D eigenvalue weighted by atomic mass is 32.1. The molecule has 0 aliphatic rings. The first-order valence-electron chi connectivity index (χ1n) is 6.14. The molecule has 0 aliphatic carbocycles. The van der Waals surface area contributed by atoms with E-state index < -0.39 is 5.97 Å². The predicted molar refractivity (Wildman–Crippen MR) is 73.1 cm³/mol. The summed E-state index contributed by atoms with van der Waals surface area (Å²) in [6, 6.07) is -0.155. The van der Waals surface area contributed by atoms with E-state index in [-0.39, 0.29) is 18.5 Å². The number of nitrogens with zero attached hydrogens (tertiary/aromatic N) is 2. The smallest absolute Gasteiger partial charge is 0.317 e. The Morgan fingerprint density at radius 1 is 1.53 bits per heavy atom. The standard InChI is InChI=1S/C12H19N3O3S/c1-9(2)15(5-3-4-11(16)17)12(18)13-6-10-7-19-8-14-10/h7-9H,3-6H2,1-2H3,(H,13,18)(H,16,17). The van der Waals surface area contributed by atoms with Crippen molar-refractivity contribution >= 4 is 23.3 Å². The highest BCUT2D eigenvalue weighted by Gasteiger charge is 2.16. The first-order valence-corrected chi connectivity index (χ1v) is 7.08. The van der Waals surface area contributed by atoms with E-state index in [0.29, 0.717) is 19.5 Å². The van der Waals surface area contributed by atoms with Gasteiger partial charge < -0.3 is 15.3 Å². The molecule has 0 spiro atoms. The zero-order valence-electron chi connectivity index (χ0n) is 11.1. The Kier molecular flexibility index (Phi) is 6.27. The van der Waals surface area contributed by atoms with Gasteiger partial charge in [-0.2, -0.15) is 0 Å². The average Bonchev–Trinajstić information content (AvgIpc) is 2.84. The minimum atomic E-state index is -0.841. The molecule has 1 aromatic rings. The van der Waals surface area contributed by atoms with Gasteiger partial charge in [-0.1, -0.05) is 0 Å². The lowest BCUT2D eigenvalue weighted by molar-refractivity contribution is -0.137. The zero-order valence-corrected chi connectivity index (χ0v) is 11.9. The lowest BCUT2D eigenvalue weighted by atomic mass is 10.2. The second-order valence-corrected chi connectivity index (χ2v) is 5.14. The number of aromatic nitrogens is 1. The van der Waals surface area contributed by atoms with Crippen molar-refractivity contribution < 1.29 is 14.7 Å². The Labute approximate surface area is 116 Å². The fraction of sp³-hybridized carbons (Fsp3) is 0.583. The molecular weight excluding hydrogens is 266 g/mol. The number of hydrogen-bond acceptors (Lipinski definition) is 4. The van der Waals surface area contributed by atoms with E-state index in [1.165, 1.54) is 11.3 Å². The normalized spacial score (nSPS) is 10.5. The van der Waals surface area contributed by atoms with E-state index in [9.17, 15) is 9.59 Å². The largest absolute Gasteiger partial charge is 0.481 e. The maximum atomic E-state index is 12.0. The summed E-state index contributed by atoms with van der Waals surface area (Å²) in [5, 5.41) is 13.3. The van der Waals surface area contributed by atoms with Crippen LogP contribution in [-0.4, -0.2) is 39.6 Å². The number of carboxylic acid groups (broad SMARTS) is 1. The van der Waals surface area contributed by atoms with Crippen molar-refractivity contribution in [2.75, 3.05) is 6.54 Å². The molecule has 0 atom stereocenters. The van der Waals surface area contributed by atoms with Crippen LogP contribution in [0.25, 0.3) is 0 Å². The van der Waals surface area contributed by atoms with E-state index in [2.05, 4.69) is 10.3 Å². The summed E-state index contributed by atoms with van der Waals surface area (Å²) in [6.45, 7) is 4.64. The number of carboxylic acids is 1. The van der Waals surface area contributed by atoms with Crippen LogP contribution >= 0.6 is 11.3 Å². The molecule has 2 amide bonds. The second kappa shape index (κ2) is 7.73. The Balaban J connectivity index is 2.41. The quantitative estimate of drug-likeness (QED) is 0.802. The minimum Gasteiger partial charge on any atom is -0.481 e. The number of aliphatic carboxylic acids is 1. The van der Waals surface area contributed by atoms with Gasteiger partial charge in [0.15, 0.2) is 0 Å². The lowest BCUT2D eigenvalue weighted by Gasteiger charge is -2.26. The van der Waals surface area contributed by atoms with Crippen LogP contribution < -0.4 is 5.32 Å². The van der Waals surface area contributed by atoms with E-state index >= 15 is 0 Å². The second-order valence-electron chi connectivity index (χ2n) is 4.42. The van der Waals surface area contributed by atoms with Crippen LogP contribution in [0, 0.1) is 0 Å². The molecule has 1 aromatic heterocycles. The number of carbonyl (C=O) groups is 2. The number of amides is 2. The summed E-state index contributed by atoms with van der Waals surface area (Å²) < 4.78 is 0. The summed E-state index contributed by atoms with van der Waals surface area (Å²) in [5.74, 6) is -0.841. The number of thiazole rings is 1. The molecule has 0 aliphatic heterocycles. The topological polar surface area (TPSA) is 82.5 Å². The third-order valence-electron chi connectivity index (χ3n) is 2.58. The van der Waals surface area contributed by atoms with Crippen LogP contribution in [0.3, 0.4) is 0 Å². The van der Waals surface area contributed by atoms with Crippen LogP contribution in [-0.2, 0) is 11.3 Å². The van der Waals surface area contributed by atoms with E-state index in [1.807, 2.05) is 19.2 Å². The highest BCUT2D eigenvalue weighted by molar-refractivity contribution is 7.07. The third kappa shape index (κ3) is 5.69. The molecule has 0 radical (unpaired) electrons. The van der Waals surface area contributed by atoms with Gasteiger partial charge in [0, 0.05) is 24.4 Å². The van der Waals surface area contributed by atoms with Crippen LogP contribution in [0.5, 0.6) is 0 Å². The van der Waals surface area contributed by atoms with E-state index in [4.69, 9.17) is 5.11 Å². The molecule has 0 fully saturated rings. The van der Waals surface area contributed by atoms with Gasteiger partial charge in [-0.25, -0.2) is 9.78 Å². The van der Waals surface area contributed by atoms with Crippen LogP contribution in [0.15, 0.2) is 10.9 Å². The van der Waals surface area contributed by atoms with Crippen molar-refractivity contribution in [1.82, 2.24) is 15.2 Å². The Morgan fingerprint density at radius 2 is 2.26 bits per heavy atom. The molecule has 2 N–H and O–H groups in total. The lowest BCUT2D eigenvalue weighted by Crippen LogP contribution is -2.44. The Hall–Kier alpha value is -1.63. The average molecular weight is 285 g/mol. The summed E-state index contributed by atoms with van der Waals surface area (Å²) >= 11 is 1.48. The van der Waals surface area contributed by atoms with Gasteiger partial charge in [0.25, 0.3) is 0 Å². The van der Waals surface area contributed by atoms with Crippen LogP contribution in [0.1, 0.15) is 32.4 Å². The molecule has 1 rings (SSSR count). The first-order chi connectivity index (χ1) is 9.00. The fourth-order valence-electron chi connectivity index (χ4n) is 1.59. The van der Waals surface area contributed by atoms with Gasteiger partial charge in [0.1, 0.15) is 0 Å². The Bertz CT molecular complexity index is 406. The van der Waals surface area contributed by atoms with Gasteiger partial charge in [0.05, 0.1) is 17.7 Å². The van der Waals surface area contributed by atoms with E-state index in [1.54, 1.807) is 10.4 Å². The minimum absolute atomic E-state index is 0.0317. The molecule has 106 valence electrons. The summed E-state index contributed by atoms with van der Waals surface area (Å²) in [5.41, 5.74) is 2.54. The highest BCUT2D eigenvalue weighted by Crippen LogP contribution is 2.04. The van der Waals surface area contributed by atoms with Gasteiger partial charge in [-0.3, -0.25) is 4.79 Å². The first kappa shape index (κ1) is 15.4. The maximum absolute atomic E-state index is 12.0. The number of carbonyl (C=O) groups excluding carboxylic acids is 1. The third-order valence-corrected chi connectivity index (χ3v) is 3.21. The monoisotopic (exact) mass is 285 g/mol. The van der Waals surface area contributed by atoms with Crippen LogP contribution in [0.2, 0.25) is 0 Å². The van der Waals surface area contributed by atoms with Crippen LogP contribution in [0.4, 0.5) is 4.79 Å². The molecular formula is C12H19N3O3S. The van der Waals surface area contributed by atoms with Gasteiger partial charge in [-0.15, -0.1) is 11.3 Å². The maximum Gasteiger partial charge on any atom is 0.317 e. The van der Waals surface area contributed by atoms with Gasteiger partial charge >= 0.3 is 12.0 Å². The number of rotatable bonds is 7. The molecule has 19 heavy (non-hydrogen) atoms. The van der Waals surface area contributed by atoms with Gasteiger partial charge in [0.2, 0.25) is 0 Å². The zero-order chi connectivity index (χ0) is 14.3. The molecule has 0 saturated heterocycles. The van der Waals surface area contributed by atoms with Crippen molar-refractivity contribution in [3.05, 3.63) is 16.6 Å². The Morgan fingerprint density at radius 3 is 2.79 bits per heavy atom. The van der Waals surface area contributed by atoms with Gasteiger partial charge in [-0.05, 0) is 20.3 Å². The van der Waals surface area contributed by atoms with Crippen molar-refractivity contribution in [2.24, 2.45) is 0 Å². The van der Waals surface area contributed by atoms with Crippen molar-refractivity contribution in [3.63, 3.8) is 0 Å². The summed E-state index contributed by atoms with van der Waals surface area (Å²) in [4.78, 5) is 28.2. The van der Waals surface area contributed by atoms with Crippen molar-refractivity contribution in [2.45, 2.75) is 39.3 Å². The molecule has 0 bridgehead atoms. The summed E-state index contributed by atoms with van der Waals surface area (Å²) in [7, 11) is 0. The number of urea groups is 1. The molecule has 6 nitrogen and oxygen atoms in total.